The fourth-order valence-corrected chi connectivity index (χ4v) is 2.09. The summed E-state index contributed by atoms with van der Waals surface area (Å²) in [4.78, 5) is 13.1. The van der Waals surface area contributed by atoms with Gasteiger partial charge in [-0.1, -0.05) is 13.8 Å². The van der Waals surface area contributed by atoms with Crippen LogP contribution < -0.4 is 15.8 Å². The zero-order chi connectivity index (χ0) is 15.0. The van der Waals surface area contributed by atoms with Gasteiger partial charge in [0.05, 0.1) is 12.0 Å². The van der Waals surface area contributed by atoms with E-state index in [4.69, 9.17) is 10.5 Å². The Morgan fingerprint density at radius 1 is 1.25 bits per heavy atom. The van der Waals surface area contributed by atoms with Gasteiger partial charge in [-0.05, 0) is 12.3 Å². The molecule has 2 aromatic rings. The molecule has 2 aromatic heterocycles. The number of thioether (sulfide) groups is 1. The van der Waals surface area contributed by atoms with E-state index in [1.54, 1.807) is 31.1 Å². The molecule has 0 bridgehead atoms. The number of nitrogens with one attached hydrogen (secondary N) is 1. The first-order valence-electron chi connectivity index (χ1n) is 6.16. The maximum absolute atomic E-state index is 5.60. The Morgan fingerprint density at radius 3 is 2.60 bits per heavy atom. The molecule has 6 nitrogen and oxygen atoms in total. The number of hydrogen-bond donors (Lipinski definition) is 2. The average Bonchev–Trinajstić information content (AvgIpc) is 2.49. The molecule has 0 aliphatic carbocycles. The van der Waals surface area contributed by atoms with Crippen LogP contribution in [-0.2, 0) is 0 Å². The summed E-state index contributed by atoms with van der Waals surface area (Å²) >= 11 is 1.55. The summed E-state index contributed by atoms with van der Waals surface area (Å²) in [7, 11) is 1.63. The first kappa shape index (κ1) is 16.0. The largest absolute Gasteiger partial charge is 0.495 e. The fraction of sp³-hybridized carbons (Fsp3) is 0.308. The maximum Gasteiger partial charge on any atom is 0.148 e. The van der Waals surface area contributed by atoms with E-state index in [-0.39, 0.29) is 0 Å². The summed E-state index contributed by atoms with van der Waals surface area (Å²) in [5.74, 6) is 2.45. The third kappa shape index (κ3) is 3.99. The van der Waals surface area contributed by atoms with Crippen molar-refractivity contribution in [3.8, 4) is 5.75 Å². The first-order chi connectivity index (χ1) is 9.74. The van der Waals surface area contributed by atoms with Crippen LogP contribution >= 0.6 is 11.8 Å². The Labute approximate surface area is 123 Å². The Balaban J connectivity index is 0.000000956. The van der Waals surface area contributed by atoms with E-state index in [0.717, 1.165) is 10.6 Å². The number of rotatable bonds is 4. The molecule has 0 aliphatic heterocycles. The number of nitrogen functional groups attached to an aromatic ring is 1. The highest BCUT2D eigenvalue weighted by Gasteiger charge is 2.10. The molecule has 108 valence electrons. The Bertz CT molecular complexity index is 550. The monoisotopic (exact) mass is 293 g/mol. The van der Waals surface area contributed by atoms with Gasteiger partial charge in [0.2, 0.25) is 0 Å². The topological polar surface area (TPSA) is 86.0 Å². The molecule has 0 amide bonds. The molecule has 0 fully saturated rings. The van der Waals surface area contributed by atoms with E-state index in [0.29, 0.717) is 17.5 Å². The number of ether oxygens (including phenoxy) is 1. The predicted molar refractivity (Wildman–Crippen MR) is 83.6 cm³/mol. The lowest BCUT2D eigenvalue weighted by molar-refractivity contribution is 0.404. The fourth-order valence-electron chi connectivity index (χ4n) is 1.44. The van der Waals surface area contributed by atoms with E-state index in [9.17, 15) is 0 Å². The van der Waals surface area contributed by atoms with Gasteiger partial charge in [0.1, 0.15) is 29.5 Å². The van der Waals surface area contributed by atoms with Crippen LogP contribution in [0, 0.1) is 0 Å². The Kier molecular flexibility index (Phi) is 6.58. The molecular weight excluding hydrogens is 274 g/mol. The number of nitrogens with zero attached hydrogens (tertiary/aromatic N) is 3. The molecule has 2 rings (SSSR count). The molecule has 3 N–H and O–H groups in total. The quantitative estimate of drug-likeness (QED) is 0.838. The lowest BCUT2D eigenvalue weighted by Crippen LogP contribution is -2.01. The van der Waals surface area contributed by atoms with Gasteiger partial charge in [0, 0.05) is 12.3 Å². The molecule has 0 saturated heterocycles. The van der Waals surface area contributed by atoms with Gasteiger partial charge in [-0.15, -0.1) is 11.8 Å². The van der Waals surface area contributed by atoms with Crippen LogP contribution in [0.1, 0.15) is 13.8 Å². The van der Waals surface area contributed by atoms with Gasteiger partial charge in [-0.25, -0.2) is 15.0 Å². The van der Waals surface area contributed by atoms with Crippen molar-refractivity contribution in [1.82, 2.24) is 15.0 Å². The van der Waals surface area contributed by atoms with Crippen molar-refractivity contribution in [1.29, 1.82) is 0 Å². The van der Waals surface area contributed by atoms with Gasteiger partial charge in [-0.3, -0.25) is 0 Å². The van der Waals surface area contributed by atoms with Crippen molar-refractivity contribution < 1.29 is 4.74 Å². The van der Waals surface area contributed by atoms with Crippen LogP contribution in [-0.4, -0.2) is 28.3 Å². The molecule has 0 atom stereocenters. The molecular formula is C13H19N5OS. The summed E-state index contributed by atoms with van der Waals surface area (Å²) in [5.41, 5.74) is 5.60. The molecule has 7 heteroatoms. The number of hydrogen-bond acceptors (Lipinski definition) is 7. The summed E-state index contributed by atoms with van der Waals surface area (Å²) in [5, 5.41) is 3.10. The van der Waals surface area contributed by atoms with Crippen LogP contribution in [0.2, 0.25) is 0 Å². The third-order valence-electron chi connectivity index (χ3n) is 2.23. The minimum absolute atomic E-state index is 0.404. The molecule has 0 spiro atoms. The zero-order valence-corrected chi connectivity index (χ0v) is 12.9. The van der Waals surface area contributed by atoms with Crippen molar-refractivity contribution in [3.05, 3.63) is 24.7 Å². The highest BCUT2D eigenvalue weighted by atomic mass is 32.2. The normalized spacial score (nSPS) is 9.40. The summed E-state index contributed by atoms with van der Waals surface area (Å²) in [6.45, 7) is 4.00. The minimum Gasteiger partial charge on any atom is -0.495 e. The maximum atomic E-state index is 5.60. The number of methoxy groups -OCH3 is 1. The summed E-state index contributed by atoms with van der Waals surface area (Å²) < 4.78 is 5.28. The lowest BCUT2D eigenvalue weighted by Gasteiger charge is -2.11. The SMILES string of the molecule is CC.COc1ccnc(Nc2cc(N)ncn2)c1SC. The third-order valence-corrected chi connectivity index (χ3v) is 3.03. The second-order valence-corrected chi connectivity index (χ2v) is 4.16. The van der Waals surface area contributed by atoms with E-state index in [1.165, 1.54) is 6.33 Å². The van der Waals surface area contributed by atoms with E-state index in [2.05, 4.69) is 20.3 Å². The first-order valence-corrected chi connectivity index (χ1v) is 7.38. The van der Waals surface area contributed by atoms with Crippen LogP contribution in [0.4, 0.5) is 17.5 Å². The molecule has 0 saturated carbocycles. The van der Waals surface area contributed by atoms with Crippen molar-refractivity contribution in [3.63, 3.8) is 0 Å². The van der Waals surface area contributed by atoms with Crippen molar-refractivity contribution in [2.24, 2.45) is 0 Å². The van der Waals surface area contributed by atoms with Crippen molar-refractivity contribution >= 4 is 29.2 Å². The van der Waals surface area contributed by atoms with Gasteiger partial charge in [0.15, 0.2) is 0 Å². The number of aromatic nitrogens is 3. The van der Waals surface area contributed by atoms with Gasteiger partial charge in [0.25, 0.3) is 0 Å². The van der Waals surface area contributed by atoms with Crippen LogP contribution in [0.25, 0.3) is 0 Å². The molecule has 0 radical (unpaired) electrons. The van der Waals surface area contributed by atoms with Gasteiger partial charge < -0.3 is 15.8 Å². The number of nitrogens with two attached hydrogens (primary N) is 1. The van der Waals surface area contributed by atoms with Crippen LogP contribution in [0.3, 0.4) is 0 Å². The Hall–Kier alpha value is -2.02. The molecule has 20 heavy (non-hydrogen) atoms. The van der Waals surface area contributed by atoms with Crippen molar-refractivity contribution in [2.45, 2.75) is 18.7 Å². The standard InChI is InChI=1S/C11H13N5OS.C2H6/c1-17-7-3-4-13-11(10(7)18-2)16-9-5-8(12)14-6-15-9;1-2/h3-6H,1-2H3,(H3,12,13,14,15,16);1-2H3. The van der Waals surface area contributed by atoms with E-state index >= 15 is 0 Å². The van der Waals surface area contributed by atoms with E-state index < -0.39 is 0 Å². The van der Waals surface area contributed by atoms with Gasteiger partial charge >= 0.3 is 0 Å². The van der Waals surface area contributed by atoms with Crippen LogP contribution in [0.15, 0.2) is 29.6 Å². The highest BCUT2D eigenvalue weighted by molar-refractivity contribution is 7.98. The second kappa shape index (κ2) is 8.21. The molecule has 2 heterocycles. The van der Waals surface area contributed by atoms with Gasteiger partial charge in [-0.2, -0.15) is 0 Å². The smallest absolute Gasteiger partial charge is 0.148 e. The predicted octanol–water partition coefficient (Wildman–Crippen LogP) is 2.95. The highest BCUT2D eigenvalue weighted by Crippen LogP contribution is 2.34. The second-order valence-electron chi connectivity index (χ2n) is 3.35. The number of pyridine rings is 1. The minimum atomic E-state index is 0.404. The molecule has 0 unspecified atom stereocenters. The Morgan fingerprint density at radius 2 is 2.00 bits per heavy atom. The molecule has 0 aromatic carbocycles. The summed E-state index contributed by atoms with van der Waals surface area (Å²) in [6, 6.07) is 3.45. The zero-order valence-electron chi connectivity index (χ0n) is 12.0. The summed E-state index contributed by atoms with van der Waals surface area (Å²) in [6.07, 6.45) is 5.03. The van der Waals surface area contributed by atoms with Crippen molar-refractivity contribution in [2.75, 3.05) is 24.4 Å². The lowest BCUT2D eigenvalue weighted by atomic mass is 10.4. The number of anilines is 3. The van der Waals surface area contributed by atoms with Crippen LogP contribution in [0.5, 0.6) is 5.75 Å². The molecule has 0 aliphatic rings. The van der Waals surface area contributed by atoms with E-state index in [1.807, 2.05) is 26.2 Å². The average molecular weight is 293 g/mol.